The third-order valence-corrected chi connectivity index (χ3v) is 4.27. The molecule has 1 aromatic carbocycles. The van der Waals surface area contributed by atoms with E-state index in [1.165, 1.54) is 31.7 Å². The average molecular weight is 287 g/mol. The Morgan fingerprint density at radius 1 is 1.33 bits per heavy atom. The number of anilines is 1. The van der Waals surface area contributed by atoms with Gasteiger partial charge in [0.25, 0.3) is 0 Å². The molecule has 0 radical (unpaired) electrons. The molecule has 0 bridgehead atoms. The molecular formula is C17H22FN3. The standard InChI is InChI=1S/C17H22FN3/c1-12-11-21(16-8-3-4-9-16)17(19-12)20-13(2)14-6-5-7-15(18)10-14/h5-7,10-11,13,16H,3-4,8-9H2,1-2H3,(H,19,20). The number of hydrogen-bond acceptors (Lipinski definition) is 2. The van der Waals surface area contributed by atoms with Crippen LogP contribution in [0, 0.1) is 12.7 Å². The molecule has 4 heteroatoms. The minimum Gasteiger partial charge on any atom is -0.349 e. The highest BCUT2D eigenvalue weighted by Crippen LogP contribution is 2.33. The number of aromatic nitrogens is 2. The molecule has 1 aromatic heterocycles. The van der Waals surface area contributed by atoms with E-state index >= 15 is 0 Å². The summed E-state index contributed by atoms with van der Waals surface area (Å²) in [5, 5.41) is 3.44. The molecule has 0 saturated heterocycles. The minimum atomic E-state index is -0.198. The van der Waals surface area contributed by atoms with E-state index in [2.05, 4.69) is 21.1 Å². The fourth-order valence-corrected chi connectivity index (χ4v) is 3.14. The lowest BCUT2D eigenvalue weighted by Crippen LogP contribution is -2.14. The quantitative estimate of drug-likeness (QED) is 0.889. The van der Waals surface area contributed by atoms with E-state index in [1.54, 1.807) is 12.1 Å². The van der Waals surface area contributed by atoms with E-state index in [1.807, 2.05) is 19.9 Å². The first-order valence-electron chi connectivity index (χ1n) is 7.71. The predicted octanol–water partition coefficient (Wildman–Crippen LogP) is 4.62. The van der Waals surface area contributed by atoms with Gasteiger partial charge in [0.15, 0.2) is 0 Å². The molecule has 0 aliphatic heterocycles. The Bertz CT molecular complexity index is 614. The van der Waals surface area contributed by atoms with Gasteiger partial charge in [0.1, 0.15) is 5.82 Å². The van der Waals surface area contributed by atoms with E-state index in [9.17, 15) is 4.39 Å². The van der Waals surface area contributed by atoms with Gasteiger partial charge >= 0.3 is 0 Å². The van der Waals surface area contributed by atoms with Crippen molar-refractivity contribution in [3.63, 3.8) is 0 Å². The molecule has 112 valence electrons. The first kappa shape index (κ1) is 14.1. The SMILES string of the molecule is Cc1cn(C2CCCC2)c(NC(C)c2cccc(F)c2)n1. The molecule has 1 unspecified atom stereocenters. The number of nitrogens with one attached hydrogen (secondary N) is 1. The van der Waals surface area contributed by atoms with E-state index in [0.29, 0.717) is 6.04 Å². The summed E-state index contributed by atoms with van der Waals surface area (Å²) in [4.78, 5) is 4.60. The van der Waals surface area contributed by atoms with Crippen molar-refractivity contribution < 1.29 is 4.39 Å². The van der Waals surface area contributed by atoms with Crippen LogP contribution >= 0.6 is 0 Å². The highest BCUT2D eigenvalue weighted by Gasteiger charge is 2.21. The summed E-state index contributed by atoms with van der Waals surface area (Å²) in [5.74, 6) is 0.702. The van der Waals surface area contributed by atoms with Gasteiger partial charge in [-0.05, 0) is 44.4 Å². The second-order valence-corrected chi connectivity index (χ2v) is 5.97. The van der Waals surface area contributed by atoms with Crippen LogP contribution in [0.2, 0.25) is 0 Å². The Morgan fingerprint density at radius 2 is 2.10 bits per heavy atom. The fourth-order valence-electron chi connectivity index (χ4n) is 3.14. The number of hydrogen-bond donors (Lipinski definition) is 1. The Balaban J connectivity index is 1.81. The van der Waals surface area contributed by atoms with Crippen LogP contribution in [0.4, 0.5) is 10.3 Å². The first-order chi connectivity index (χ1) is 10.1. The van der Waals surface area contributed by atoms with Crippen LogP contribution in [0.1, 0.15) is 55.9 Å². The minimum absolute atomic E-state index is 0.0302. The predicted molar refractivity (Wildman–Crippen MR) is 82.9 cm³/mol. The van der Waals surface area contributed by atoms with Crippen molar-refractivity contribution in [1.82, 2.24) is 9.55 Å². The topological polar surface area (TPSA) is 29.9 Å². The van der Waals surface area contributed by atoms with Crippen molar-refractivity contribution in [2.24, 2.45) is 0 Å². The maximum atomic E-state index is 13.3. The van der Waals surface area contributed by atoms with Crippen LogP contribution in [-0.2, 0) is 0 Å². The van der Waals surface area contributed by atoms with Crippen LogP contribution in [0.15, 0.2) is 30.5 Å². The van der Waals surface area contributed by atoms with Crippen molar-refractivity contribution in [3.05, 3.63) is 47.5 Å². The summed E-state index contributed by atoms with van der Waals surface area (Å²) in [7, 11) is 0. The van der Waals surface area contributed by atoms with Crippen molar-refractivity contribution in [2.45, 2.75) is 51.6 Å². The zero-order valence-corrected chi connectivity index (χ0v) is 12.6. The van der Waals surface area contributed by atoms with Crippen LogP contribution in [-0.4, -0.2) is 9.55 Å². The molecule has 1 fully saturated rings. The molecule has 2 aromatic rings. The lowest BCUT2D eigenvalue weighted by molar-refractivity contribution is 0.520. The van der Waals surface area contributed by atoms with Gasteiger partial charge in [-0.15, -0.1) is 0 Å². The number of imidazole rings is 1. The van der Waals surface area contributed by atoms with E-state index < -0.39 is 0 Å². The van der Waals surface area contributed by atoms with Crippen LogP contribution in [0.25, 0.3) is 0 Å². The number of nitrogens with zero attached hydrogens (tertiary/aromatic N) is 2. The Kier molecular flexibility index (Phi) is 3.95. The number of halogens is 1. The van der Waals surface area contributed by atoms with E-state index in [-0.39, 0.29) is 11.9 Å². The molecular weight excluding hydrogens is 265 g/mol. The maximum absolute atomic E-state index is 13.3. The lowest BCUT2D eigenvalue weighted by atomic mass is 10.1. The third kappa shape index (κ3) is 3.09. The largest absolute Gasteiger partial charge is 0.349 e. The molecule has 1 heterocycles. The molecule has 3 nitrogen and oxygen atoms in total. The van der Waals surface area contributed by atoms with Gasteiger partial charge < -0.3 is 9.88 Å². The third-order valence-electron chi connectivity index (χ3n) is 4.27. The summed E-state index contributed by atoms with van der Waals surface area (Å²) >= 11 is 0. The summed E-state index contributed by atoms with van der Waals surface area (Å²) in [6, 6.07) is 7.32. The Morgan fingerprint density at radius 3 is 2.81 bits per heavy atom. The molecule has 1 aliphatic rings. The van der Waals surface area contributed by atoms with Gasteiger partial charge in [-0.25, -0.2) is 9.37 Å². The maximum Gasteiger partial charge on any atom is 0.203 e. The molecule has 0 spiro atoms. The van der Waals surface area contributed by atoms with Crippen molar-refractivity contribution in [2.75, 3.05) is 5.32 Å². The molecule has 1 N–H and O–H groups in total. The molecule has 0 amide bonds. The molecule has 3 rings (SSSR count). The zero-order chi connectivity index (χ0) is 14.8. The van der Waals surface area contributed by atoms with Gasteiger partial charge in [-0.3, -0.25) is 0 Å². The summed E-state index contributed by atoms with van der Waals surface area (Å²) in [6.07, 6.45) is 7.15. The van der Waals surface area contributed by atoms with Crippen LogP contribution < -0.4 is 5.32 Å². The summed E-state index contributed by atoms with van der Waals surface area (Å²) in [6.45, 7) is 4.06. The average Bonchev–Trinajstić information content (AvgIpc) is 3.08. The van der Waals surface area contributed by atoms with Crippen molar-refractivity contribution in [1.29, 1.82) is 0 Å². The molecule has 21 heavy (non-hydrogen) atoms. The smallest absolute Gasteiger partial charge is 0.203 e. The van der Waals surface area contributed by atoms with Gasteiger partial charge in [0.2, 0.25) is 5.95 Å². The first-order valence-corrected chi connectivity index (χ1v) is 7.71. The Labute approximate surface area is 125 Å². The summed E-state index contributed by atoms with van der Waals surface area (Å²) < 4.78 is 15.6. The summed E-state index contributed by atoms with van der Waals surface area (Å²) in [5.41, 5.74) is 1.96. The second kappa shape index (κ2) is 5.88. The molecule has 1 saturated carbocycles. The van der Waals surface area contributed by atoms with Gasteiger partial charge in [-0.1, -0.05) is 25.0 Å². The normalized spacial score (nSPS) is 17.1. The van der Waals surface area contributed by atoms with E-state index in [0.717, 1.165) is 17.2 Å². The van der Waals surface area contributed by atoms with Gasteiger partial charge in [0, 0.05) is 12.2 Å². The number of rotatable bonds is 4. The number of aryl methyl sites for hydroxylation is 1. The highest BCUT2D eigenvalue weighted by molar-refractivity contribution is 5.35. The van der Waals surface area contributed by atoms with Crippen molar-refractivity contribution in [3.8, 4) is 0 Å². The van der Waals surface area contributed by atoms with Crippen LogP contribution in [0.3, 0.4) is 0 Å². The monoisotopic (exact) mass is 287 g/mol. The van der Waals surface area contributed by atoms with E-state index in [4.69, 9.17) is 0 Å². The van der Waals surface area contributed by atoms with Crippen LogP contribution in [0.5, 0.6) is 0 Å². The fraction of sp³-hybridized carbons (Fsp3) is 0.471. The highest BCUT2D eigenvalue weighted by atomic mass is 19.1. The number of benzene rings is 1. The van der Waals surface area contributed by atoms with Gasteiger partial charge in [-0.2, -0.15) is 0 Å². The molecule has 1 aliphatic carbocycles. The second-order valence-electron chi connectivity index (χ2n) is 5.97. The molecule has 1 atom stereocenters. The lowest BCUT2D eigenvalue weighted by Gasteiger charge is -2.19. The van der Waals surface area contributed by atoms with Gasteiger partial charge in [0.05, 0.1) is 11.7 Å². The zero-order valence-electron chi connectivity index (χ0n) is 12.6. The van der Waals surface area contributed by atoms with Crippen molar-refractivity contribution >= 4 is 5.95 Å². The Hall–Kier alpha value is -1.84.